The number of ether oxygens (including phenoxy) is 1. The van der Waals surface area contributed by atoms with Gasteiger partial charge in [-0.15, -0.1) is 0 Å². The largest absolute Gasteiger partial charge is 0.457 e. The normalized spacial score (nSPS) is 12.7. The molecule has 0 radical (unpaired) electrons. The lowest BCUT2D eigenvalue weighted by Gasteiger charge is -2.20. The zero-order valence-corrected chi connectivity index (χ0v) is 18.0. The number of carbonyl (C=O) groups is 1. The number of hydrazone groups is 1. The molecule has 2 aromatic rings. The quantitative estimate of drug-likeness (QED) is 0.291. The van der Waals surface area contributed by atoms with Crippen LogP contribution < -0.4 is 10.2 Å². The van der Waals surface area contributed by atoms with Crippen LogP contribution in [0.15, 0.2) is 53.1 Å². The summed E-state index contributed by atoms with van der Waals surface area (Å²) >= 11 is 0. The smallest absolute Gasteiger partial charge is 0.145 e. The summed E-state index contributed by atoms with van der Waals surface area (Å²) < 4.78 is 20.2. The molecule has 0 heterocycles. The standard InChI is InChI=1S/C24H29FN2O2/c1-16(15-28)9-21(27-26-6)10-18-8-7-17(2)23(11-18)29-22-13-19(24(3,4)5)12-20(25)14-22/h7-9,11-15,26H,10H2,1-6H3/b16-9-,27-21+. The third-order valence-electron chi connectivity index (χ3n) is 4.44. The molecule has 0 unspecified atom stereocenters. The summed E-state index contributed by atoms with van der Waals surface area (Å²) in [6, 6.07) is 10.7. The molecule has 1 N–H and O–H groups in total. The number of hydrogen-bond donors (Lipinski definition) is 1. The number of rotatable bonds is 7. The summed E-state index contributed by atoms with van der Waals surface area (Å²) in [5.74, 6) is 0.808. The van der Waals surface area contributed by atoms with Gasteiger partial charge in [-0.25, -0.2) is 4.39 Å². The van der Waals surface area contributed by atoms with Gasteiger partial charge in [0.15, 0.2) is 0 Å². The average Bonchev–Trinajstić information content (AvgIpc) is 2.63. The van der Waals surface area contributed by atoms with Crippen molar-refractivity contribution in [1.82, 2.24) is 5.43 Å². The van der Waals surface area contributed by atoms with Gasteiger partial charge in [-0.1, -0.05) is 32.9 Å². The predicted molar refractivity (Wildman–Crippen MR) is 116 cm³/mol. The van der Waals surface area contributed by atoms with E-state index in [1.165, 1.54) is 6.07 Å². The lowest BCUT2D eigenvalue weighted by Crippen LogP contribution is -2.11. The van der Waals surface area contributed by atoms with E-state index in [-0.39, 0.29) is 11.2 Å². The van der Waals surface area contributed by atoms with Crippen LogP contribution in [0.2, 0.25) is 0 Å². The van der Waals surface area contributed by atoms with E-state index in [0.717, 1.165) is 28.7 Å². The minimum absolute atomic E-state index is 0.182. The zero-order chi connectivity index (χ0) is 21.6. The Bertz CT molecular complexity index is 940. The van der Waals surface area contributed by atoms with Crippen molar-refractivity contribution < 1.29 is 13.9 Å². The molecule has 2 aromatic carbocycles. The third-order valence-corrected chi connectivity index (χ3v) is 4.44. The molecule has 0 spiro atoms. The maximum atomic E-state index is 14.1. The number of benzene rings is 2. The van der Waals surface area contributed by atoms with E-state index >= 15 is 0 Å². The second-order valence-corrected chi connectivity index (χ2v) is 8.14. The molecule has 0 saturated heterocycles. The minimum atomic E-state index is -0.320. The Kier molecular flexibility index (Phi) is 7.32. The zero-order valence-electron chi connectivity index (χ0n) is 18.0. The molecule has 0 bridgehead atoms. The van der Waals surface area contributed by atoms with Gasteiger partial charge in [0.1, 0.15) is 23.6 Å². The Hall–Kier alpha value is -2.95. The van der Waals surface area contributed by atoms with Crippen molar-refractivity contribution in [2.24, 2.45) is 5.10 Å². The summed E-state index contributed by atoms with van der Waals surface area (Å²) in [5.41, 5.74) is 6.70. The molecule has 5 heteroatoms. The molecule has 0 aromatic heterocycles. The number of carbonyl (C=O) groups excluding carboxylic acids is 1. The van der Waals surface area contributed by atoms with Crippen LogP contribution in [-0.4, -0.2) is 19.0 Å². The Morgan fingerprint density at radius 3 is 2.55 bits per heavy atom. The summed E-state index contributed by atoms with van der Waals surface area (Å²) in [4.78, 5) is 10.9. The molecule has 0 saturated carbocycles. The fourth-order valence-electron chi connectivity index (χ4n) is 2.82. The van der Waals surface area contributed by atoms with E-state index in [9.17, 15) is 9.18 Å². The van der Waals surface area contributed by atoms with Crippen LogP contribution in [0.3, 0.4) is 0 Å². The Balaban J connectivity index is 2.33. The summed E-state index contributed by atoms with van der Waals surface area (Å²) in [6.45, 7) is 9.79. The van der Waals surface area contributed by atoms with E-state index in [1.54, 1.807) is 26.1 Å². The Morgan fingerprint density at radius 1 is 1.21 bits per heavy atom. The molecular weight excluding hydrogens is 367 g/mol. The number of aryl methyl sites for hydroxylation is 1. The second-order valence-electron chi connectivity index (χ2n) is 8.14. The van der Waals surface area contributed by atoms with Crippen LogP contribution in [-0.2, 0) is 16.6 Å². The monoisotopic (exact) mass is 396 g/mol. The number of allylic oxidation sites excluding steroid dienone is 2. The SMILES string of the molecule is CN/N=C(\C=C(\C)C=O)Cc1ccc(C)c(Oc2cc(F)cc(C(C)(C)C)c2)c1. The fraction of sp³-hybridized carbons (Fsp3) is 0.333. The maximum absolute atomic E-state index is 14.1. The van der Waals surface area contributed by atoms with Crippen LogP contribution in [0, 0.1) is 12.7 Å². The number of nitrogens with zero attached hydrogens (tertiary/aromatic N) is 1. The lowest BCUT2D eigenvalue weighted by atomic mass is 9.87. The molecule has 0 fully saturated rings. The third kappa shape index (κ3) is 6.56. The summed E-state index contributed by atoms with van der Waals surface area (Å²) in [6.07, 6.45) is 3.07. The van der Waals surface area contributed by atoms with Gasteiger partial charge in [-0.05, 0) is 65.8 Å². The van der Waals surface area contributed by atoms with Crippen molar-refractivity contribution in [2.75, 3.05) is 7.05 Å². The molecule has 0 aliphatic heterocycles. The average molecular weight is 397 g/mol. The highest BCUT2D eigenvalue weighted by molar-refractivity contribution is 6.00. The van der Waals surface area contributed by atoms with Crippen molar-refractivity contribution in [2.45, 2.75) is 46.5 Å². The molecule has 154 valence electrons. The van der Waals surface area contributed by atoms with Crippen LogP contribution >= 0.6 is 0 Å². The molecule has 0 amide bonds. The van der Waals surface area contributed by atoms with Gasteiger partial charge in [0.05, 0.1) is 5.71 Å². The first-order chi connectivity index (χ1) is 13.6. The number of halogens is 1. The van der Waals surface area contributed by atoms with Gasteiger partial charge in [0.2, 0.25) is 0 Å². The first kappa shape index (κ1) is 22.3. The van der Waals surface area contributed by atoms with Crippen molar-refractivity contribution in [1.29, 1.82) is 0 Å². The van der Waals surface area contributed by atoms with Gasteiger partial charge < -0.3 is 10.2 Å². The van der Waals surface area contributed by atoms with Gasteiger partial charge in [0.25, 0.3) is 0 Å². The van der Waals surface area contributed by atoms with Gasteiger partial charge in [0, 0.05) is 19.5 Å². The molecule has 0 aliphatic rings. The van der Waals surface area contributed by atoms with Crippen LogP contribution in [0.25, 0.3) is 0 Å². The highest BCUT2D eigenvalue weighted by Crippen LogP contribution is 2.31. The van der Waals surface area contributed by atoms with Crippen molar-refractivity contribution in [3.8, 4) is 11.5 Å². The van der Waals surface area contributed by atoms with Crippen LogP contribution in [0.1, 0.15) is 44.4 Å². The maximum Gasteiger partial charge on any atom is 0.145 e. The molecule has 29 heavy (non-hydrogen) atoms. The summed E-state index contributed by atoms with van der Waals surface area (Å²) in [5, 5.41) is 4.23. The van der Waals surface area contributed by atoms with E-state index < -0.39 is 0 Å². The lowest BCUT2D eigenvalue weighted by molar-refractivity contribution is -0.104. The fourth-order valence-corrected chi connectivity index (χ4v) is 2.82. The molecular formula is C24H29FN2O2. The minimum Gasteiger partial charge on any atom is -0.457 e. The second kappa shape index (κ2) is 9.50. The highest BCUT2D eigenvalue weighted by atomic mass is 19.1. The Morgan fingerprint density at radius 2 is 1.93 bits per heavy atom. The van der Waals surface area contributed by atoms with E-state index in [1.807, 2.05) is 52.0 Å². The number of nitrogens with one attached hydrogen (secondary N) is 1. The van der Waals surface area contributed by atoms with Gasteiger partial charge in [-0.3, -0.25) is 4.79 Å². The molecule has 4 nitrogen and oxygen atoms in total. The molecule has 0 atom stereocenters. The number of aldehydes is 1. The molecule has 2 rings (SSSR count). The molecule has 0 aliphatic carbocycles. The summed E-state index contributed by atoms with van der Waals surface area (Å²) in [7, 11) is 1.71. The predicted octanol–water partition coefficient (Wildman–Crippen LogP) is 5.49. The van der Waals surface area contributed by atoms with E-state index in [0.29, 0.717) is 23.5 Å². The van der Waals surface area contributed by atoms with Gasteiger partial charge >= 0.3 is 0 Å². The topological polar surface area (TPSA) is 50.7 Å². The first-order valence-electron chi connectivity index (χ1n) is 9.57. The van der Waals surface area contributed by atoms with Crippen molar-refractivity contribution in [3.05, 3.63) is 70.6 Å². The van der Waals surface area contributed by atoms with E-state index in [4.69, 9.17) is 4.74 Å². The van der Waals surface area contributed by atoms with Crippen molar-refractivity contribution >= 4 is 12.0 Å². The Labute approximate surface area is 172 Å². The van der Waals surface area contributed by atoms with Crippen molar-refractivity contribution in [3.63, 3.8) is 0 Å². The number of hydrogen-bond acceptors (Lipinski definition) is 4. The first-order valence-corrected chi connectivity index (χ1v) is 9.57. The van der Waals surface area contributed by atoms with Gasteiger partial charge in [-0.2, -0.15) is 5.10 Å². The highest BCUT2D eigenvalue weighted by Gasteiger charge is 2.16. The van der Waals surface area contributed by atoms with E-state index in [2.05, 4.69) is 10.5 Å². The van der Waals surface area contributed by atoms with Crippen LogP contribution in [0.5, 0.6) is 11.5 Å². The van der Waals surface area contributed by atoms with Crippen LogP contribution in [0.4, 0.5) is 4.39 Å².